The fourth-order valence-electron chi connectivity index (χ4n) is 2.81. The van der Waals surface area contributed by atoms with Crippen molar-refractivity contribution in [1.29, 1.82) is 0 Å². The van der Waals surface area contributed by atoms with Gasteiger partial charge in [-0.2, -0.15) is 0 Å². The molecule has 92 valence electrons. The molecule has 0 aromatic heterocycles. The predicted octanol–water partition coefficient (Wildman–Crippen LogP) is 3.36. The second kappa shape index (κ2) is 4.45. The van der Waals surface area contributed by atoms with E-state index in [4.69, 9.17) is 5.11 Å². The molecule has 0 spiro atoms. The Balaban J connectivity index is 1.90. The molecule has 0 unspecified atom stereocenters. The monoisotopic (exact) mass is 240 g/mol. The topological polar surface area (TPSA) is 37.3 Å². The third kappa shape index (κ3) is 1.99. The second-order valence-corrected chi connectivity index (χ2v) is 5.03. The van der Waals surface area contributed by atoms with Gasteiger partial charge in [-0.05, 0) is 60.4 Å². The second-order valence-electron chi connectivity index (χ2n) is 5.03. The van der Waals surface area contributed by atoms with Gasteiger partial charge in [0.1, 0.15) is 0 Å². The van der Waals surface area contributed by atoms with Gasteiger partial charge in [0.05, 0.1) is 5.57 Å². The van der Waals surface area contributed by atoms with Gasteiger partial charge in [-0.3, -0.25) is 0 Å². The lowest BCUT2D eigenvalue weighted by Crippen LogP contribution is -2.02. The van der Waals surface area contributed by atoms with E-state index >= 15 is 0 Å². The van der Waals surface area contributed by atoms with Crippen molar-refractivity contribution in [3.05, 3.63) is 52.6 Å². The minimum atomic E-state index is -0.831. The molecule has 0 aliphatic heterocycles. The fraction of sp³-hybridized carbons (Fsp3) is 0.312. The van der Waals surface area contributed by atoms with Gasteiger partial charge in [0, 0.05) is 0 Å². The summed E-state index contributed by atoms with van der Waals surface area (Å²) in [5, 5.41) is 8.96. The van der Waals surface area contributed by atoms with Crippen LogP contribution in [0.5, 0.6) is 0 Å². The SMILES string of the molecule is O=C(O)C1=CCC(c2ccc3c(c2)CCCC3)=C1. The number of allylic oxidation sites excluding steroid dienone is 2. The molecule has 0 saturated heterocycles. The molecule has 0 radical (unpaired) electrons. The van der Waals surface area contributed by atoms with Crippen molar-refractivity contribution in [3.8, 4) is 0 Å². The van der Waals surface area contributed by atoms with E-state index in [9.17, 15) is 4.79 Å². The highest BCUT2D eigenvalue weighted by molar-refractivity contribution is 5.95. The van der Waals surface area contributed by atoms with Crippen molar-refractivity contribution in [1.82, 2.24) is 0 Å². The molecular weight excluding hydrogens is 224 g/mol. The van der Waals surface area contributed by atoms with Crippen LogP contribution in [0.25, 0.3) is 5.57 Å². The van der Waals surface area contributed by atoms with Gasteiger partial charge in [0.15, 0.2) is 0 Å². The molecule has 0 saturated carbocycles. The fourth-order valence-corrected chi connectivity index (χ4v) is 2.81. The average molecular weight is 240 g/mol. The number of fused-ring (bicyclic) bond motifs is 1. The summed E-state index contributed by atoms with van der Waals surface area (Å²) in [6.07, 6.45) is 9.24. The van der Waals surface area contributed by atoms with Gasteiger partial charge in [0.2, 0.25) is 0 Å². The summed E-state index contributed by atoms with van der Waals surface area (Å²) in [5.74, 6) is -0.831. The molecule has 0 heterocycles. The quantitative estimate of drug-likeness (QED) is 0.860. The summed E-state index contributed by atoms with van der Waals surface area (Å²) < 4.78 is 0. The third-order valence-corrected chi connectivity index (χ3v) is 3.84. The Morgan fingerprint density at radius 1 is 1.11 bits per heavy atom. The predicted molar refractivity (Wildman–Crippen MR) is 71.4 cm³/mol. The molecule has 2 aliphatic carbocycles. The summed E-state index contributed by atoms with van der Waals surface area (Å²) in [6.45, 7) is 0. The average Bonchev–Trinajstić information content (AvgIpc) is 2.88. The van der Waals surface area contributed by atoms with Gasteiger partial charge >= 0.3 is 5.97 Å². The molecule has 0 amide bonds. The number of rotatable bonds is 2. The maximum absolute atomic E-state index is 10.9. The molecule has 2 aliphatic rings. The molecule has 0 bridgehead atoms. The van der Waals surface area contributed by atoms with Crippen LogP contribution < -0.4 is 0 Å². The van der Waals surface area contributed by atoms with Crippen LogP contribution in [0.3, 0.4) is 0 Å². The number of benzene rings is 1. The molecule has 3 rings (SSSR count). The Morgan fingerprint density at radius 2 is 1.89 bits per heavy atom. The van der Waals surface area contributed by atoms with Crippen molar-refractivity contribution in [2.75, 3.05) is 0 Å². The van der Waals surface area contributed by atoms with Crippen LogP contribution in [0.1, 0.15) is 36.0 Å². The van der Waals surface area contributed by atoms with E-state index in [1.807, 2.05) is 0 Å². The first-order valence-electron chi connectivity index (χ1n) is 6.50. The normalized spacial score (nSPS) is 18.0. The lowest BCUT2D eigenvalue weighted by atomic mass is 9.89. The highest BCUT2D eigenvalue weighted by atomic mass is 16.4. The van der Waals surface area contributed by atoms with Gasteiger partial charge < -0.3 is 5.11 Å². The van der Waals surface area contributed by atoms with E-state index in [1.54, 1.807) is 12.2 Å². The Morgan fingerprint density at radius 3 is 2.61 bits per heavy atom. The molecule has 18 heavy (non-hydrogen) atoms. The zero-order valence-corrected chi connectivity index (χ0v) is 10.3. The summed E-state index contributed by atoms with van der Waals surface area (Å²) in [6, 6.07) is 6.59. The molecule has 2 heteroatoms. The van der Waals surface area contributed by atoms with E-state index in [2.05, 4.69) is 18.2 Å². The number of carboxylic acid groups (broad SMARTS) is 1. The minimum Gasteiger partial charge on any atom is -0.478 e. The molecule has 0 atom stereocenters. The van der Waals surface area contributed by atoms with Crippen molar-refractivity contribution in [3.63, 3.8) is 0 Å². The van der Waals surface area contributed by atoms with Gasteiger partial charge in [-0.25, -0.2) is 4.79 Å². The standard InChI is InChI=1S/C16H16O2/c17-16(18)15-8-7-14(10-15)13-6-5-11-3-1-2-4-12(11)9-13/h5-6,8-10H,1-4,7H2,(H,17,18). The molecule has 0 fully saturated rings. The Hall–Kier alpha value is -1.83. The number of hydrogen-bond acceptors (Lipinski definition) is 1. The van der Waals surface area contributed by atoms with E-state index in [0.717, 1.165) is 18.4 Å². The Labute approximate surface area is 107 Å². The molecule has 1 aromatic carbocycles. The number of aliphatic carboxylic acids is 1. The van der Waals surface area contributed by atoms with Crippen LogP contribution in [0.15, 0.2) is 35.9 Å². The summed E-state index contributed by atoms with van der Waals surface area (Å²) >= 11 is 0. The van der Waals surface area contributed by atoms with Crippen LogP contribution in [0.2, 0.25) is 0 Å². The zero-order chi connectivity index (χ0) is 12.5. The molecule has 1 N–H and O–H groups in total. The van der Waals surface area contributed by atoms with Crippen molar-refractivity contribution >= 4 is 11.5 Å². The summed E-state index contributed by atoms with van der Waals surface area (Å²) in [5.41, 5.74) is 5.64. The molecular formula is C16H16O2. The smallest absolute Gasteiger partial charge is 0.335 e. The van der Waals surface area contributed by atoms with Crippen LogP contribution in [-0.2, 0) is 17.6 Å². The van der Waals surface area contributed by atoms with E-state index in [0.29, 0.717) is 5.57 Å². The van der Waals surface area contributed by atoms with Crippen LogP contribution in [0.4, 0.5) is 0 Å². The molecule has 2 nitrogen and oxygen atoms in total. The van der Waals surface area contributed by atoms with Gasteiger partial charge in [-0.1, -0.05) is 24.3 Å². The largest absolute Gasteiger partial charge is 0.478 e. The molecule has 1 aromatic rings. The zero-order valence-electron chi connectivity index (χ0n) is 10.3. The number of carboxylic acids is 1. The number of hydrogen-bond donors (Lipinski definition) is 1. The number of aryl methyl sites for hydroxylation is 2. The van der Waals surface area contributed by atoms with Crippen molar-refractivity contribution < 1.29 is 9.90 Å². The summed E-state index contributed by atoms with van der Waals surface area (Å²) in [4.78, 5) is 10.9. The van der Waals surface area contributed by atoms with E-state index in [1.165, 1.54) is 36.0 Å². The third-order valence-electron chi connectivity index (χ3n) is 3.84. The highest BCUT2D eigenvalue weighted by Gasteiger charge is 2.15. The first-order valence-corrected chi connectivity index (χ1v) is 6.50. The highest BCUT2D eigenvalue weighted by Crippen LogP contribution is 2.30. The summed E-state index contributed by atoms with van der Waals surface area (Å²) in [7, 11) is 0. The van der Waals surface area contributed by atoms with Crippen molar-refractivity contribution in [2.45, 2.75) is 32.1 Å². The van der Waals surface area contributed by atoms with Crippen molar-refractivity contribution in [2.24, 2.45) is 0 Å². The lowest BCUT2D eigenvalue weighted by Gasteiger charge is -2.16. The first-order chi connectivity index (χ1) is 8.74. The lowest BCUT2D eigenvalue weighted by molar-refractivity contribution is -0.132. The van der Waals surface area contributed by atoms with Crippen LogP contribution in [0, 0.1) is 0 Å². The number of carbonyl (C=O) groups is 1. The van der Waals surface area contributed by atoms with Crippen LogP contribution >= 0.6 is 0 Å². The van der Waals surface area contributed by atoms with E-state index in [-0.39, 0.29) is 0 Å². The first kappa shape index (κ1) is 11.3. The maximum atomic E-state index is 10.9. The van der Waals surface area contributed by atoms with Gasteiger partial charge in [0.25, 0.3) is 0 Å². The van der Waals surface area contributed by atoms with E-state index < -0.39 is 5.97 Å². The van der Waals surface area contributed by atoms with Gasteiger partial charge in [-0.15, -0.1) is 0 Å². The van der Waals surface area contributed by atoms with Crippen LogP contribution in [-0.4, -0.2) is 11.1 Å². The Bertz CT molecular complexity index is 564. The Kier molecular flexibility index (Phi) is 2.78. The maximum Gasteiger partial charge on any atom is 0.335 e. The minimum absolute atomic E-state index is 0.419.